The highest BCUT2D eigenvalue weighted by Crippen LogP contribution is 2.42. The highest BCUT2D eigenvalue weighted by molar-refractivity contribution is 7.92. The SMILES string of the molecule is CNC(=O)c1c(-c2ccc(Oc3ccc(F)cc3)cc2)oc2cc3c(cc12)[C@H](C)O[C@H](C[S+](C)[O-])CN3S(C)(=O)=O. The number of rotatable bonds is 7. The quantitative estimate of drug-likeness (QED) is 0.297. The van der Waals surface area contributed by atoms with Gasteiger partial charge in [-0.1, -0.05) is 11.2 Å². The molecule has 41 heavy (non-hydrogen) atoms. The van der Waals surface area contributed by atoms with Gasteiger partial charge in [-0.15, -0.1) is 0 Å². The number of amides is 1. The van der Waals surface area contributed by atoms with E-state index in [1.54, 1.807) is 49.6 Å². The Morgan fingerprint density at radius 2 is 1.78 bits per heavy atom. The van der Waals surface area contributed by atoms with E-state index in [0.29, 0.717) is 45.0 Å². The summed E-state index contributed by atoms with van der Waals surface area (Å²) >= 11 is -1.20. The molecule has 2 heterocycles. The average molecular weight is 601 g/mol. The highest BCUT2D eigenvalue weighted by atomic mass is 32.2. The summed E-state index contributed by atoms with van der Waals surface area (Å²) in [7, 11) is -2.22. The Balaban J connectivity index is 1.60. The summed E-state index contributed by atoms with van der Waals surface area (Å²) in [6.07, 6.45) is 1.51. The molecular formula is C29H29FN2O7S2. The summed E-state index contributed by atoms with van der Waals surface area (Å²) in [5, 5.41) is 3.15. The Kier molecular flexibility index (Phi) is 8.02. The molecule has 216 valence electrons. The van der Waals surface area contributed by atoms with Crippen LogP contribution in [0, 0.1) is 5.82 Å². The monoisotopic (exact) mass is 600 g/mol. The van der Waals surface area contributed by atoms with Gasteiger partial charge in [-0.2, -0.15) is 0 Å². The standard InChI is InChI=1S/C29H29FN2O7S2/c1-17-23-13-24-26(14-25(23)32(41(4,35)36)15-22(37-17)16-40(3)34)39-28(27(24)29(33)31-2)18-5-9-20(10-6-18)38-21-11-7-19(30)8-12-21/h5-14,17,22H,15-16H2,1-4H3,(H,31,33)/t17-,22-,40?/m0/s1. The summed E-state index contributed by atoms with van der Waals surface area (Å²) in [6, 6.07) is 15.8. The maximum absolute atomic E-state index is 13.2. The predicted molar refractivity (Wildman–Crippen MR) is 156 cm³/mol. The Morgan fingerprint density at radius 3 is 2.37 bits per heavy atom. The first kappa shape index (κ1) is 28.9. The molecule has 0 saturated heterocycles. The minimum Gasteiger partial charge on any atom is -0.616 e. The summed E-state index contributed by atoms with van der Waals surface area (Å²) in [6.45, 7) is 1.79. The molecule has 0 aliphatic carbocycles. The van der Waals surface area contributed by atoms with E-state index in [1.807, 2.05) is 0 Å². The second kappa shape index (κ2) is 11.4. The van der Waals surface area contributed by atoms with Crippen molar-refractivity contribution in [1.82, 2.24) is 5.32 Å². The molecule has 1 aliphatic rings. The van der Waals surface area contributed by atoms with E-state index in [4.69, 9.17) is 13.9 Å². The lowest BCUT2D eigenvalue weighted by Gasteiger charge is -2.24. The van der Waals surface area contributed by atoms with Gasteiger partial charge in [-0.3, -0.25) is 9.10 Å². The molecule has 0 spiro atoms. The van der Waals surface area contributed by atoms with Crippen molar-refractivity contribution in [2.75, 3.05) is 36.2 Å². The van der Waals surface area contributed by atoms with Gasteiger partial charge >= 0.3 is 0 Å². The number of nitrogens with zero attached hydrogens (tertiary/aromatic N) is 1. The second-order valence-corrected chi connectivity index (χ2v) is 13.2. The van der Waals surface area contributed by atoms with Crippen LogP contribution >= 0.6 is 0 Å². The lowest BCUT2D eigenvalue weighted by molar-refractivity contribution is 0.0193. The third-order valence-corrected chi connectivity index (χ3v) is 8.74. The van der Waals surface area contributed by atoms with Gasteiger partial charge in [-0.25, -0.2) is 12.8 Å². The van der Waals surface area contributed by atoms with Crippen molar-refractivity contribution in [3.05, 3.63) is 77.6 Å². The molecule has 0 radical (unpaired) electrons. The minimum absolute atomic E-state index is 0.00730. The molecule has 12 heteroatoms. The lowest BCUT2D eigenvalue weighted by atomic mass is 10.0. The minimum atomic E-state index is -3.73. The average Bonchev–Trinajstić information content (AvgIpc) is 3.23. The van der Waals surface area contributed by atoms with Gasteiger partial charge < -0.3 is 23.8 Å². The molecule has 5 rings (SSSR count). The van der Waals surface area contributed by atoms with Crippen LogP contribution in [0.15, 0.2) is 65.1 Å². The number of halogens is 1. The molecule has 1 aromatic heterocycles. The number of nitrogens with one attached hydrogen (secondary N) is 1. The molecule has 3 aromatic carbocycles. The third kappa shape index (κ3) is 6.05. The van der Waals surface area contributed by atoms with Gasteiger partial charge in [0.25, 0.3) is 5.91 Å². The fourth-order valence-corrected chi connectivity index (χ4v) is 6.57. The number of hydrogen-bond acceptors (Lipinski definition) is 7. The van der Waals surface area contributed by atoms with Crippen molar-refractivity contribution < 1.29 is 36.0 Å². The Labute approximate surface area is 240 Å². The van der Waals surface area contributed by atoms with Crippen LogP contribution in [-0.2, 0) is 25.9 Å². The van der Waals surface area contributed by atoms with Crippen molar-refractivity contribution in [3.63, 3.8) is 0 Å². The number of sulfonamides is 1. The van der Waals surface area contributed by atoms with Crippen LogP contribution in [0.1, 0.15) is 28.9 Å². The summed E-state index contributed by atoms with van der Waals surface area (Å²) in [4.78, 5) is 13.1. The highest BCUT2D eigenvalue weighted by Gasteiger charge is 2.35. The number of carbonyl (C=O) groups is 1. The summed E-state index contributed by atoms with van der Waals surface area (Å²) < 4.78 is 70.3. The first-order valence-electron chi connectivity index (χ1n) is 12.7. The third-order valence-electron chi connectivity index (χ3n) is 6.75. The first-order valence-corrected chi connectivity index (χ1v) is 16.3. The smallest absolute Gasteiger partial charge is 0.255 e. The van der Waals surface area contributed by atoms with Crippen LogP contribution in [0.5, 0.6) is 11.5 Å². The molecule has 1 N–H and O–H groups in total. The van der Waals surface area contributed by atoms with E-state index < -0.39 is 33.4 Å². The van der Waals surface area contributed by atoms with E-state index in [0.717, 1.165) is 6.26 Å². The molecule has 1 unspecified atom stereocenters. The van der Waals surface area contributed by atoms with E-state index >= 15 is 0 Å². The van der Waals surface area contributed by atoms with Gasteiger partial charge in [0.2, 0.25) is 10.0 Å². The zero-order chi connectivity index (χ0) is 29.5. The van der Waals surface area contributed by atoms with Crippen molar-refractivity contribution in [2.24, 2.45) is 0 Å². The number of hydrogen-bond donors (Lipinski definition) is 1. The number of ether oxygens (including phenoxy) is 2. The molecule has 0 saturated carbocycles. The Bertz CT molecular complexity index is 1690. The zero-order valence-corrected chi connectivity index (χ0v) is 24.5. The molecule has 0 bridgehead atoms. The molecule has 9 nitrogen and oxygen atoms in total. The number of carbonyl (C=O) groups excluding carboxylic acids is 1. The Hall–Kier alpha value is -3.58. The van der Waals surface area contributed by atoms with Crippen molar-refractivity contribution in [3.8, 4) is 22.8 Å². The van der Waals surface area contributed by atoms with Gasteiger partial charge in [0, 0.05) is 29.6 Å². The normalized spacial score (nSPS) is 18.0. The van der Waals surface area contributed by atoms with Gasteiger partial charge in [-0.05, 0) is 61.5 Å². The fourth-order valence-electron chi connectivity index (χ4n) is 4.91. The summed E-state index contributed by atoms with van der Waals surface area (Å²) in [5.74, 6) is 0.694. The van der Waals surface area contributed by atoms with Gasteiger partial charge in [0.1, 0.15) is 40.5 Å². The van der Waals surface area contributed by atoms with Crippen LogP contribution in [0.4, 0.5) is 10.1 Å². The first-order chi connectivity index (χ1) is 19.4. The summed E-state index contributed by atoms with van der Waals surface area (Å²) in [5.41, 5.74) is 2.14. The topological polar surface area (TPSA) is 121 Å². The van der Waals surface area contributed by atoms with E-state index in [-0.39, 0.29) is 29.6 Å². The van der Waals surface area contributed by atoms with E-state index in [2.05, 4.69) is 5.32 Å². The number of anilines is 1. The molecule has 4 aromatic rings. The van der Waals surface area contributed by atoms with E-state index in [1.165, 1.54) is 35.6 Å². The fraction of sp³-hybridized carbons (Fsp3) is 0.276. The van der Waals surface area contributed by atoms with Crippen LogP contribution < -0.4 is 14.4 Å². The molecule has 1 aliphatic heterocycles. The van der Waals surface area contributed by atoms with Crippen LogP contribution in [0.25, 0.3) is 22.3 Å². The molecular weight excluding hydrogens is 571 g/mol. The molecule has 3 atom stereocenters. The molecule has 0 fully saturated rings. The van der Waals surface area contributed by atoms with Gasteiger partial charge in [0.05, 0.1) is 36.4 Å². The van der Waals surface area contributed by atoms with Crippen LogP contribution in [-0.4, -0.2) is 56.8 Å². The zero-order valence-electron chi connectivity index (χ0n) is 22.8. The Morgan fingerprint density at radius 1 is 1.15 bits per heavy atom. The number of furan rings is 1. The maximum atomic E-state index is 13.2. The lowest BCUT2D eigenvalue weighted by Crippen LogP contribution is -2.39. The van der Waals surface area contributed by atoms with Crippen molar-refractivity contribution in [1.29, 1.82) is 0 Å². The van der Waals surface area contributed by atoms with E-state index in [9.17, 15) is 22.2 Å². The van der Waals surface area contributed by atoms with Crippen LogP contribution in [0.3, 0.4) is 0 Å². The second-order valence-electron chi connectivity index (χ2n) is 9.81. The van der Waals surface area contributed by atoms with Crippen molar-refractivity contribution >= 4 is 43.8 Å². The molecule has 1 amide bonds. The van der Waals surface area contributed by atoms with Crippen molar-refractivity contribution in [2.45, 2.75) is 19.1 Å². The largest absolute Gasteiger partial charge is 0.616 e. The van der Waals surface area contributed by atoms with Gasteiger partial charge in [0.15, 0.2) is 0 Å². The number of fused-ring (bicyclic) bond motifs is 2. The number of benzene rings is 3. The predicted octanol–water partition coefficient (Wildman–Crippen LogP) is 5.00. The van der Waals surface area contributed by atoms with Crippen LogP contribution in [0.2, 0.25) is 0 Å². The maximum Gasteiger partial charge on any atom is 0.255 e.